The van der Waals surface area contributed by atoms with E-state index in [2.05, 4.69) is 21.6 Å². The molecule has 0 aromatic carbocycles. The Morgan fingerprint density at radius 2 is 2.12 bits per heavy atom. The van der Waals surface area contributed by atoms with E-state index < -0.39 is 17.2 Å². The van der Waals surface area contributed by atoms with Crippen molar-refractivity contribution in [3.63, 3.8) is 0 Å². The standard InChI is InChI=1S/C22H26N6O5/c1-4-5-11-27-17-18(24-21(27)26-10-6-7-14(23)12-26)25(2)22(31)28(19(17)29)13-15-8-9-16(33-15)20(30)32-3/h8-9,14H,6-7,10-13,23H2,1-3H3/t14-/m1/s1. The number of aromatic nitrogens is 4. The quantitative estimate of drug-likeness (QED) is 0.430. The zero-order chi connectivity index (χ0) is 23.7. The summed E-state index contributed by atoms with van der Waals surface area (Å²) >= 11 is 0. The first kappa shape index (κ1) is 22.4. The molecule has 0 bridgehead atoms. The fourth-order valence-corrected chi connectivity index (χ4v) is 4.07. The summed E-state index contributed by atoms with van der Waals surface area (Å²) in [5.41, 5.74) is 5.66. The van der Waals surface area contributed by atoms with Gasteiger partial charge in [-0.15, -0.1) is 5.92 Å². The molecule has 0 unspecified atom stereocenters. The first-order valence-corrected chi connectivity index (χ1v) is 10.6. The summed E-state index contributed by atoms with van der Waals surface area (Å²) in [5.74, 6) is 6.04. The number of nitrogens with zero attached hydrogens (tertiary/aromatic N) is 5. The van der Waals surface area contributed by atoms with Crippen LogP contribution in [-0.2, 0) is 24.9 Å². The van der Waals surface area contributed by atoms with Gasteiger partial charge in [0.2, 0.25) is 11.7 Å². The van der Waals surface area contributed by atoms with Crippen molar-refractivity contribution in [1.29, 1.82) is 0 Å². The lowest BCUT2D eigenvalue weighted by molar-refractivity contribution is 0.0563. The summed E-state index contributed by atoms with van der Waals surface area (Å²) in [4.78, 5) is 44.9. The van der Waals surface area contributed by atoms with Crippen LogP contribution in [-0.4, -0.2) is 50.9 Å². The second-order valence-electron chi connectivity index (χ2n) is 7.94. The molecule has 33 heavy (non-hydrogen) atoms. The van der Waals surface area contributed by atoms with Crippen molar-refractivity contribution in [3.05, 3.63) is 44.5 Å². The third kappa shape index (κ3) is 4.05. The van der Waals surface area contributed by atoms with Crippen molar-refractivity contribution in [2.24, 2.45) is 12.8 Å². The molecule has 1 aliphatic heterocycles. The number of rotatable bonds is 5. The SMILES string of the molecule is CC#CCn1c(N2CCC[C@@H](N)C2)nc2c1c(=O)n(Cc1ccc(C(=O)OC)o1)c(=O)n2C. The average Bonchev–Trinajstić information content (AvgIpc) is 3.43. The Morgan fingerprint density at radius 1 is 1.33 bits per heavy atom. The Hall–Kier alpha value is -3.78. The van der Waals surface area contributed by atoms with Gasteiger partial charge in [-0.3, -0.25) is 18.5 Å². The Bertz CT molecular complexity index is 1380. The lowest BCUT2D eigenvalue weighted by Gasteiger charge is -2.31. The summed E-state index contributed by atoms with van der Waals surface area (Å²) in [6.45, 7) is 3.18. The monoisotopic (exact) mass is 454 g/mol. The third-order valence-electron chi connectivity index (χ3n) is 5.73. The minimum absolute atomic E-state index is 0.00714. The van der Waals surface area contributed by atoms with Gasteiger partial charge in [0.25, 0.3) is 5.56 Å². The molecule has 11 heteroatoms. The highest BCUT2D eigenvalue weighted by molar-refractivity contribution is 5.86. The number of aryl methyl sites for hydroxylation is 1. The van der Waals surface area contributed by atoms with Crippen molar-refractivity contribution < 1.29 is 13.9 Å². The van der Waals surface area contributed by atoms with E-state index in [1.54, 1.807) is 18.5 Å². The number of piperidine rings is 1. The molecule has 3 aromatic heterocycles. The maximum absolute atomic E-state index is 13.5. The van der Waals surface area contributed by atoms with Gasteiger partial charge in [-0.25, -0.2) is 9.59 Å². The first-order chi connectivity index (χ1) is 15.8. The zero-order valence-electron chi connectivity index (χ0n) is 18.8. The number of hydrogen-bond acceptors (Lipinski definition) is 8. The van der Waals surface area contributed by atoms with Gasteiger partial charge in [0.05, 0.1) is 20.2 Å². The number of anilines is 1. The molecular weight excluding hydrogens is 428 g/mol. The van der Waals surface area contributed by atoms with Crippen molar-refractivity contribution >= 4 is 23.1 Å². The first-order valence-electron chi connectivity index (χ1n) is 10.6. The van der Waals surface area contributed by atoms with Crippen molar-refractivity contribution in [2.75, 3.05) is 25.1 Å². The molecule has 11 nitrogen and oxygen atoms in total. The fourth-order valence-electron chi connectivity index (χ4n) is 4.07. The second-order valence-corrected chi connectivity index (χ2v) is 7.94. The summed E-state index contributed by atoms with van der Waals surface area (Å²) < 4.78 is 14.2. The molecule has 0 saturated carbocycles. The lowest BCUT2D eigenvalue weighted by Crippen LogP contribution is -2.44. The van der Waals surface area contributed by atoms with Gasteiger partial charge >= 0.3 is 11.7 Å². The predicted octanol–water partition coefficient (Wildman–Crippen LogP) is 0.275. The summed E-state index contributed by atoms with van der Waals surface area (Å²) in [6, 6.07) is 2.98. The van der Waals surface area contributed by atoms with Crippen LogP contribution in [0.2, 0.25) is 0 Å². The molecule has 0 radical (unpaired) electrons. The molecule has 0 spiro atoms. The van der Waals surface area contributed by atoms with Gasteiger partial charge in [-0.05, 0) is 31.9 Å². The van der Waals surface area contributed by atoms with Crippen molar-refractivity contribution in [3.8, 4) is 11.8 Å². The van der Waals surface area contributed by atoms with Crippen LogP contribution in [0.1, 0.15) is 36.1 Å². The van der Waals surface area contributed by atoms with Crippen LogP contribution in [0.15, 0.2) is 26.1 Å². The van der Waals surface area contributed by atoms with E-state index in [0.29, 0.717) is 12.5 Å². The Morgan fingerprint density at radius 3 is 2.82 bits per heavy atom. The van der Waals surface area contributed by atoms with Gasteiger partial charge in [0, 0.05) is 26.2 Å². The van der Waals surface area contributed by atoms with E-state index in [1.165, 1.54) is 23.8 Å². The van der Waals surface area contributed by atoms with E-state index >= 15 is 0 Å². The molecular formula is C22H26N6O5. The summed E-state index contributed by atoms with van der Waals surface area (Å²) in [6.07, 6.45) is 1.83. The van der Waals surface area contributed by atoms with Crippen LogP contribution in [0.4, 0.5) is 5.95 Å². The van der Waals surface area contributed by atoms with E-state index in [-0.39, 0.29) is 41.8 Å². The Labute approximate surface area is 189 Å². The highest BCUT2D eigenvalue weighted by atomic mass is 16.5. The molecule has 1 atom stereocenters. The smallest absolute Gasteiger partial charge is 0.373 e. The minimum Gasteiger partial charge on any atom is -0.463 e. The van der Waals surface area contributed by atoms with E-state index in [0.717, 1.165) is 24.0 Å². The third-order valence-corrected chi connectivity index (χ3v) is 5.73. The van der Waals surface area contributed by atoms with Crippen LogP contribution in [0.25, 0.3) is 11.2 Å². The van der Waals surface area contributed by atoms with Gasteiger partial charge in [-0.1, -0.05) is 5.92 Å². The van der Waals surface area contributed by atoms with E-state index in [4.69, 9.17) is 10.2 Å². The molecule has 0 aliphatic carbocycles. The fraction of sp³-hybridized carbons (Fsp3) is 0.455. The molecule has 1 fully saturated rings. The number of imidazole rings is 1. The van der Waals surface area contributed by atoms with Crippen molar-refractivity contribution in [2.45, 2.75) is 38.9 Å². The topological polar surface area (TPSA) is 131 Å². The van der Waals surface area contributed by atoms with E-state index in [9.17, 15) is 14.4 Å². The van der Waals surface area contributed by atoms with Gasteiger partial charge in [-0.2, -0.15) is 4.98 Å². The highest BCUT2D eigenvalue weighted by Gasteiger charge is 2.26. The number of esters is 1. The van der Waals surface area contributed by atoms with Gasteiger partial charge < -0.3 is 19.8 Å². The predicted molar refractivity (Wildman–Crippen MR) is 121 cm³/mol. The number of carbonyl (C=O) groups excluding carboxylic acids is 1. The van der Waals surface area contributed by atoms with Gasteiger partial charge in [0.1, 0.15) is 5.76 Å². The van der Waals surface area contributed by atoms with Crippen LogP contribution >= 0.6 is 0 Å². The Balaban J connectivity index is 1.87. The van der Waals surface area contributed by atoms with Crippen LogP contribution < -0.4 is 21.9 Å². The average molecular weight is 454 g/mol. The molecule has 3 aromatic rings. The Kier molecular flexibility index (Phi) is 6.11. The molecule has 4 heterocycles. The summed E-state index contributed by atoms with van der Waals surface area (Å²) in [5, 5.41) is 0. The van der Waals surface area contributed by atoms with Gasteiger partial charge in [0.15, 0.2) is 11.2 Å². The minimum atomic E-state index is -0.641. The maximum Gasteiger partial charge on any atom is 0.373 e. The number of furan rings is 1. The number of fused-ring (bicyclic) bond motifs is 1. The zero-order valence-corrected chi connectivity index (χ0v) is 18.8. The van der Waals surface area contributed by atoms with Crippen LogP contribution in [0.3, 0.4) is 0 Å². The molecule has 2 N–H and O–H groups in total. The maximum atomic E-state index is 13.5. The number of ether oxygens (including phenoxy) is 1. The summed E-state index contributed by atoms with van der Waals surface area (Å²) in [7, 11) is 2.81. The highest BCUT2D eigenvalue weighted by Crippen LogP contribution is 2.23. The molecule has 174 valence electrons. The molecule has 0 amide bonds. The molecule has 1 aliphatic rings. The lowest BCUT2D eigenvalue weighted by atomic mass is 10.1. The van der Waals surface area contributed by atoms with Crippen LogP contribution in [0, 0.1) is 11.8 Å². The van der Waals surface area contributed by atoms with E-state index in [1.807, 2.05) is 4.90 Å². The number of nitrogens with two attached hydrogens (primary N) is 1. The van der Waals surface area contributed by atoms with Crippen LogP contribution in [0.5, 0.6) is 0 Å². The normalized spacial score (nSPS) is 16.0. The molecule has 1 saturated heterocycles. The molecule has 4 rings (SSSR count). The second kappa shape index (κ2) is 8.99. The number of carbonyl (C=O) groups is 1. The largest absolute Gasteiger partial charge is 0.463 e. The number of methoxy groups -OCH3 is 1. The number of hydrogen-bond donors (Lipinski definition) is 1. The van der Waals surface area contributed by atoms with Crippen molar-refractivity contribution in [1.82, 2.24) is 18.7 Å².